The van der Waals surface area contributed by atoms with Gasteiger partial charge in [-0.1, -0.05) is 26.0 Å². The van der Waals surface area contributed by atoms with Crippen LogP contribution in [0.4, 0.5) is 17.5 Å². The lowest BCUT2D eigenvalue weighted by Gasteiger charge is -2.39. The molecule has 140 valence electrons. The zero-order valence-electron chi connectivity index (χ0n) is 15.6. The maximum absolute atomic E-state index is 12.7. The zero-order valence-corrected chi connectivity index (χ0v) is 16.5. The summed E-state index contributed by atoms with van der Waals surface area (Å²) in [6, 6.07) is -0.0689. The highest BCUT2D eigenvalue weighted by atomic mass is 32.2. The van der Waals surface area contributed by atoms with E-state index < -0.39 is 0 Å². The SMILES string of the molecule is CC(C)CC1C(=O)N(C)c2cnc(NC3C=CC(SN)=CC3)nc2N1C. The van der Waals surface area contributed by atoms with Gasteiger partial charge >= 0.3 is 0 Å². The Hall–Kier alpha value is -2.06. The molecule has 0 fully saturated rings. The summed E-state index contributed by atoms with van der Waals surface area (Å²) in [4.78, 5) is 26.5. The summed E-state index contributed by atoms with van der Waals surface area (Å²) in [5.41, 5.74) is 0.740. The molecule has 0 spiro atoms. The molecule has 8 heteroatoms. The van der Waals surface area contributed by atoms with Crippen molar-refractivity contribution in [2.24, 2.45) is 11.1 Å². The first kappa shape index (κ1) is 18.7. The maximum Gasteiger partial charge on any atom is 0.249 e. The Morgan fingerprint density at radius 3 is 2.81 bits per heavy atom. The number of rotatable bonds is 5. The minimum Gasteiger partial charge on any atom is -0.348 e. The molecule has 2 unspecified atom stereocenters. The molecule has 0 saturated carbocycles. The summed E-state index contributed by atoms with van der Waals surface area (Å²) in [5.74, 6) is 1.86. The number of anilines is 3. The molecule has 1 aromatic heterocycles. The minimum atomic E-state index is -0.197. The first-order chi connectivity index (χ1) is 12.4. The van der Waals surface area contributed by atoms with Gasteiger partial charge in [0.25, 0.3) is 0 Å². The number of likely N-dealkylation sites (N-methyl/N-ethyl adjacent to an activating group) is 2. The predicted molar refractivity (Wildman–Crippen MR) is 108 cm³/mol. The van der Waals surface area contributed by atoms with Crippen LogP contribution in [0.2, 0.25) is 0 Å². The highest BCUT2D eigenvalue weighted by Gasteiger charge is 2.36. The van der Waals surface area contributed by atoms with E-state index in [9.17, 15) is 4.79 Å². The van der Waals surface area contributed by atoms with Gasteiger partial charge in [0.15, 0.2) is 5.82 Å². The minimum absolute atomic E-state index is 0.0881. The second kappa shape index (κ2) is 7.67. The number of hydrogen-bond donors (Lipinski definition) is 2. The van der Waals surface area contributed by atoms with E-state index in [1.807, 2.05) is 18.0 Å². The molecule has 0 saturated heterocycles. The number of nitrogens with two attached hydrogens (primary N) is 1. The second-order valence-corrected chi connectivity index (χ2v) is 7.83. The van der Waals surface area contributed by atoms with E-state index in [0.717, 1.165) is 29.3 Å². The molecule has 3 N–H and O–H groups in total. The zero-order chi connectivity index (χ0) is 18.8. The summed E-state index contributed by atoms with van der Waals surface area (Å²) in [7, 11) is 3.72. The predicted octanol–water partition coefficient (Wildman–Crippen LogP) is 2.54. The van der Waals surface area contributed by atoms with Crippen LogP contribution in [0.15, 0.2) is 29.3 Å². The molecular weight excluding hydrogens is 348 g/mol. The molecule has 1 aromatic rings. The smallest absolute Gasteiger partial charge is 0.249 e. The van der Waals surface area contributed by atoms with Gasteiger partial charge in [-0.3, -0.25) is 9.93 Å². The Bertz CT molecular complexity index is 747. The fraction of sp³-hybridized carbons (Fsp3) is 0.500. The third-order valence-corrected chi connectivity index (χ3v) is 5.31. The van der Waals surface area contributed by atoms with Crippen LogP contribution in [0.25, 0.3) is 0 Å². The van der Waals surface area contributed by atoms with Gasteiger partial charge in [-0.2, -0.15) is 4.98 Å². The lowest BCUT2D eigenvalue weighted by atomic mass is 9.99. The van der Waals surface area contributed by atoms with Crippen molar-refractivity contribution < 1.29 is 4.79 Å². The molecular formula is C18H26N6OS. The first-order valence-corrected chi connectivity index (χ1v) is 9.67. The maximum atomic E-state index is 12.7. The second-order valence-electron chi connectivity index (χ2n) is 7.13. The fourth-order valence-corrected chi connectivity index (χ4v) is 3.60. The van der Waals surface area contributed by atoms with E-state index in [0.29, 0.717) is 11.9 Å². The Morgan fingerprint density at radius 1 is 1.42 bits per heavy atom. The number of carbonyl (C=O) groups is 1. The Kier molecular flexibility index (Phi) is 5.52. The normalized spacial score (nSPS) is 22.5. The molecule has 2 atom stereocenters. The topological polar surface area (TPSA) is 87.4 Å². The summed E-state index contributed by atoms with van der Waals surface area (Å²) in [6.07, 6.45) is 9.51. The molecule has 2 aliphatic rings. The largest absolute Gasteiger partial charge is 0.348 e. The van der Waals surface area contributed by atoms with Crippen molar-refractivity contribution in [3.63, 3.8) is 0 Å². The van der Waals surface area contributed by atoms with Crippen LogP contribution in [0.1, 0.15) is 26.7 Å². The molecule has 0 radical (unpaired) electrons. The number of amides is 1. The van der Waals surface area contributed by atoms with E-state index in [2.05, 4.69) is 36.3 Å². The number of nitrogens with zero attached hydrogens (tertiary/aromatic N) is 4. The van der Waals surface area contributed by atoms with Gasteiger partial charge in [0, 0.05) is 19.0 Å². The van der Waals surface area contributed by atoms with Crippen molar-refractivity contribution in [1.29, 1.82) is 0 Å². The molecule has 1 amide bonds. The highest BCUT2D eigenvalue weighted by Crippen LogP contribution is 2.34. The number of hydrogen-bond acceptors (Lipinski definition) is 7. The van der Waals surface area contributed by atoms with Gasteiger partial charge in [0.05, 0.1) is 12.2 Å². The molecule has 1 aliphatic heterocycles. The molecule has 0 bridgehead atoms. The van der Waals surface area contributed by atoms with Gasteiger partial charge in [-0.25, -0.2) is 4.98 Å². The fourth-order valence-electron chi connectivity index (χ4n) is 3.25. The molecule has 7 nitrogen and oxygen atoms in total. The van der Waals surface area contributed by atoms with Gasteiger partial charge in [-0.15, -0.1) is 0 Å². The van der Waals surface area contributed by atoms with E-state index in [1.165, 1.54) is 11.9 Å². The van der Waals surface area contributed by atoms with E-state index in [-0.39, 0.29) is 18.0 Å². The lowest BCUT2D eigenvalue weighted by molar-refractivity contribution is -0.120. The van der Waals surface area contributed by atoms with Crippen molar-refractivity contribution in [3.8, 4) is 0 Å². The number of carbonyl (C=O) groups excluding carboxylic acids is 1. The molecule has 0 aromatic carbocycles. The van der Waals surface area contributed by atoms with Crippen LogP contribution in [-0.2, 0) is 4.79 Å². The summed E-state index contributed by atoms with van der Waals surface area (Å²) in [5, 5.41) is 8.92. The van der Waals surface area contributed by atoms with Crippen molar-refractivity contribution >= 4 is 35.3 Å². The molecule has 2 heterocycles. The first-order valence-electron chi connectivity index (χ1n) is 8.79. The van der Waals surface area contributed by atoms with Crippen molar-refractivity contribution in [2.45, 2.75) is 38.8 Å². The Labute approximate surface area is 158 Å². The van der Waals surface area contributed by atoms with E-state index in [4.69, 9.17) is 10.1 Å². The number of aromatic nitrogens is 2. The summed E-state index contributed by atoms with van der Waals surface area (Å²) < 4.78 is 0. The van der Waals surface area contributed by atoms with Gasteiger partial charge in [0.1, 0.15) is 11.7 Å². The molecule has 1 aliphatic carbocycles. The van der Waals surface area contributed by atoms with Crippen LogP contribution in [0.5, 0.6) is 0 Å². The van der Waals surface area contributed by atoms with Crippen LogP contribution in [0.3, 0.4) is 0 Å². The number of fused-ring (bicyclic) bond motifs is 1. The Morgan fingerprint density at radius 2 is 2.19 bits per heavy atom. The quantitative estimate of drug-likeness (QED) is 0.766. The number of allylic oxidation sites excluding steroid dienone is 1. The summed E-state index contributed by atoms with van der Waals surface area (Å²) in [6.45, 7) is 4.25. The van der Waals surface area contributed by atoms with Crippen molar-refractivity contribution in [1.82, 2.24) is 9.97 Å². The molecule has 26 heavy (non-hydrogen) atoms. The van der Waals surface area contributed by atoms with Crippen LogP contribution < -0.4 is 20.3 Å². The van der Waals surface area contributed by atoms with Crippen LogP contribution in [-0.4, -0.2) is 42.1 Å². The molecule has 3 rings (SSSR count). The van der Waals surface area contributed by atoms with E-state index in [1.54, 1.807) is 18.1 Å². The average Bonchev–Trinajstić information content (AvgIpc) is 2.64. The highest BCUT2D eigenvalue weighted by molar-refractivity contribution is 8.01. The van der Waals surface area contributed by atoms with E-state index >= 15 is 0 Å². The van der Waals surface area contributed by atoms with Crippen molar-refractivity contribution in [2.75, 3.05) is 29.2 Å². The van der Waals surface area contributed by atoms with Gasteiger partial charge in [-0.05, 0) is 36.8 Å². The summed E-state index contributed by atoms with van der Waals surface area (Å²) >= 11 is 1.25. The van der Waals surface area contributed by atoms with Crippen molar-refractivity contribution in [3.05, 3.63) is 29.3 Å². The number of nitrogens with one attached hydrogen (secondary N) is 1. The monoisotopic (exact) mass is 374 g/mol. The lowest BCUT2D eigenvalue weighted by Crippen LogP contribution is -2.51. The third-order valence-electron chi connectivity index (χ3n) is 4.74. The third kappa shape index (κ3) is 3.71. The standard InChI is InChI=1S/C18H26N6OS/c1-11(2)9-14-17(25)24(4)15-10-20-18(22-16(15)23(14)3)21-12-5-7-13(26-19)8-6-12/h5,7-8,10-12,14H,6,9,19H2,1-4H3,(H,20,21,22). The average molecular weight is 375 g/mol. The Balaban J connectivity index is 1.81. The van der Waals surface area contributed by atoms with Gasteiger partial charge < -0.3 is 15.1 Å². The van der Waals surface area contributed by atoms with Gasteiger partial charge in [0.2, 0.25) is 11.9 Å². The van der Waals surface area contributed by atoms with Crippen LogP contribution >= 0.6 is 11.9 Å². The van der Waals surface area contributed by atoms with Crippen LogP contribution in [0, 0.1) is 5.92 Å².